The van der Waals surface area contributed by atoms with Crippen LogP contribution in [0.2, 0.25) is 0 Å². The van der Waals surface area contributed by atoms with Crippen LogP contribution in [0.5, 0.6) is 0 Å². The third kappa shape index (κ3) is 1.96. The van der Waals surface area contributed by atoms with Crippen LogP contribution < -0.4 is 4.90 Å². The second kappa shape index (κ2) is 4.78. The number of imidazole rings is 1. The minimum absolute atomic E-state index is 0.553. The molecular formula is C18H19N5. The van der Waals surface area contributed by atoms with Crippen molar-refractivity contribution in [3.8, 4) is 11.3 Å². The molecule has 5 heteroatoms. The first kappa shape index (κ1) is 13.0. The zero-order chi connectivity index (χ0) is 15.4. The van der Waals surface area contributed by atoms with Crippen molar-refractivity contribution in [2.24, 2.45) is 0 Å². The lowest BCUT2D eigenvalue weighted by Gasteiger charge is -2.39. The average molecular weight is 305 g/mol. The third-order valence-electron chi connectivity index (χ3n) is 5.19. The largest absolute Gasteiger partial charge is 0.345 e. The first-order valence-corrected chi connectivity index (χ1v) is 8.39. The lowest BCUT2D eigenvalue weighted by molar-refractivity contribution is 0.470. The second-order valence-electron chi connectivity index (χ2n) is 6.62. The molecule has 0 unspecified atom stereocenters. The SMILES string of the molecule is C[C@H]1CCN1c1nc2c(c(-c3ccc4nc[nH]c4c3)n1)CCC2. The zero-order valence-electron chi connectivity index (χ0n) is 13.2. The predicted molar refractivity (Wildman–Crippen MR) is 90.6 cm³/mol. The normalized spacial score (nSPS) is 19.9. The molecule has 1 N–H and O–H groups in total. The van der Waals surface area contributed by atoms with E-state index in [0.717, 1.165) is 47.6 Å². The molecule has 2 aromatic heterocycles. The molecular weight excluding hydrogens is 286 g/mol. The molecule has 1 aliphatic heterocycles. The number of H-pyrrole nitrogens is 1. The maximum absolute atomic E-state index is 4.96. The van der Waals surface area contributed by atoms with E-state index >= 15 is 0 Å². The van der Waals surface area contributed by atoms with Gasteiger partial charge in [0, 0.05) is 29.4 Å². The topological polar surface area (TPSA) is 57.7 Å². The van der Waals surface area contributed by atoms with E-state index in [0.29, 0.717) is 6.04 Å². The van der Waals surface area contributed by atoms with Crippen LogP contribution >= 0.6 is 0 Å². The van der Waals surface area contributed by atoms with Crippen LogP contribution in [-0.4, -0.2) is 32.5 Å². The Balaban J connectivity index is 1.68. The number of aromatic nitrogens is 4. The van der Waals surface area contributed by atoms with Crippen molar-refractivity contribution in [1.82, 2.24) is 19.9 Å². The molecule has 23 heavy (non-hydrogen) atoms. The first-order chi connectivity index (χ1) is 11.3. The van der Waals surface area contributed by atoms with Crippen molar-refractivity contribution in [1.29, 1.82) is 0 Å². The fourth-order valence-corrected chi connectivity index (χ4v) is 3.68. The summed E-state index contributed by atoms with van der Waals surface area (Å²) in [6.45, 7) is 3.31. The number of aryl methyl sites for hydroxylation is 1. The molecule has 0 bridgehead atoms. The van der Waals surface area contributed by atoms with Crippen LogP contribution in [0.1, 0.15) is 31.0 Å². The van der Waals surface area contributed by atoms with Gasteiger partial charge in [0.2, 0.25) is 5.95 Å². The average Bonchev–Trinajstić information content (AvgIpc) is 3.20. The number of hydrogen-bond donors (Lipinski definition) is 1. The molecule has 0 radical (unpaired) electrons. The number of hydrogen-bond acceptors (Lipinski definition) is 4. The van der Waals surface area contributed by atoms with Crippen molar-refractivity contribution in [3.63, 3.8) is 0 Å². The summed E-state index contributed by atoms with van der Waals surface area (Å²) in [6.07, 6.45) is 6.32. The highest BCUT2D eigenvalue weighted by molar-refractivity contribution is 5.81. The van der Waals surface area contributed by atoms with E-state index in [9.17, 15) is 0 Å². The fourth-order valence-electron chi connectivity index (χ4n) is 3.68. The smallest absolute Gasteiger partial charge is 0.226 e. The highest BCUT2D eigenvalue weighted by atomic mass is 15.3. The Morgan fingerprint density at radius 3 is 3.00 bits per heavy atom. The van der Waals surface area contributed by atoms with Crippen LogP contribution in [-0.2, 0) is 12.8 Å². The molecule has 3 heterocycles. The van der Waals surface area contributed by atoms with E-state index in [1.807, 2.05) is 0 Å². The molecule has 5 rings (SSSR count). The molecule has 3 aromatic rings. The van der Waals surface area contributed by atoms with Crippen molar-refractivity contribution >= 4 is 17.0 Å². The van der Waals surface area contributed by atoms with Gasteiger partial charge in [0.15, 0.2) is 0 Å². The molecule has 1 saturated heterocycles. The van der Waals surface area contributed by atoms with Gasteiger partial charge in [0.1, 0.15) is 0 Å². The Morgan fingerprint density at radius 2 is 2.17 bits per heavy atom. The summed E-state index contributed by atoms with van der Waals surface area (Å²) in [5, 5.41) is 0. The molecule has 1 fully saturated rings. The van der Waals surface area contributed by atoms with E-state index < -0.39 is 0 Å². The zero-order valence-corrected chi connectivity index (χ0v) is 13.2. The minimum atomic E-state index is 0.553. The number of fused-ring (bicyclic) bond motifs is 2. The summed E-state index contributed by atoms with van der Waals surface area (Å²) < 4.78 is 0. The molecule has 1 atom stereocenters. The Kier molecular flexibility index (Phi) is 2.71. The van der Waals surface area contributed by atoms with Gasteiger partial charge in [-0.25, -0.2) is 15.0 Å². The van der Waals surface area contributed by atoms with E-state index in [1.54, 1.807) is 6.33 Å². The number of nitrogens with one attached hydrogen (secondary N) is 1. The molecule has 5 nitrogen and oxygen atoms in total. The van der Waals surface area contributed by atoms with E-state index in [2.05, 4.69) is 40.0 Å². The Morgan fingerprint density at radius 1 is 1.22 bits per heavy atom. The number of rotatable bonds is 2. The summed E-state index contributed by atoms with van der Waals surface area (Å²) >= 11 is 0. The van der Waals surface area contributed by atoms with E-state index in [-0.39, 0.29) is 0 Å². The first-order valence-electron chi connectivity index (χ1n) is 8.39. The van der Waals surface area contributed by atoms with Gasteiger partial charge in [0.25, 0.3) is 0 Å². The minimum Gasteiger partial charge on any atom is -0.345 e. The quantitative estimate of drug-likeness (QED) is 0.790. The molecule has 0 spiro atoms. The third-order valence-corrected chi connectivity index (χ3v) is 5.19. The van der Waals surface area contributed by atoms with Crippen LogP contribution in [0.3, 0.4) is 0 Å². The van der Waals surface area contributed by atoms with E-state index in [1.165, 1.54) is 24.1 Å². The van der Waals surface area contributed by atoms with Gasteiger partial charge in [0.05, 0.1) is 23.1 Å². The lowest BCUT2D eigenvalue weighted by atomic mass is 10.0. The van der Waals surface area contributed by atoms with Gasteiger partial charge >= 0.3 is 0 Å². The van der Waals surface area contributed by atoms with E-state index in [4.69, 9.17) is 9.97 Å². The second-order valence-corrected chi connectivity index (χ2v) is 6.62. The highest BCUT2D eigenvalue weighted by Crippen LogP contribution is 2.34. The standard InChI is InChI=1S/C18H19N5/c1-11-7-8-23(11)18-21-14-4-2-3-13(14)17(22-18)12-5-6-15-16(9-12)20-10-19-15/h5-6,9-11H,2-4,7-8H2,1H3,(H,19,20)/t11-/m0/s1. The Hall–Kier alpha value is -2.43. The summed E-state index contributed by atoms with van der Waals surface area (Å²) in [4.78, 5) is 19.6. The van der Waals surface area contributed by atoms with Crippen LogP contribution in [0.25, 0.3) is 22.3 Å². The van der Waals surface area contributed by atoms with Gasteiger partial charge < -0.3 is 9.88 Å². The molecule has 0 saturated carbocycles. The molecule has 116 valence electrons. The molecule has 2 aliphatic rings. The van der Waals surface area contributed by atoms with Crippen molar-refractivity contribution in [2.45, 2.75) is 38.6 Å². The van der Waals surface area contributed by atoms with Crippen molar-refractivity contribution in [3.05, 3.63) is 35.8 Å². The molecule has 0 amide bonds. The van der Waals surface area contributed by atoms with Crippen LogP contribution in [0.4, 0.5) is 5.95 Å². The van der Waals surface area contributed by atoms with Gasteiger partial charge in [-0.05, 0) is 44.7 Å². The maximum Gasteiger partial charge on any atom is 0.226 e. The van der Waals surface area contributed by atoms with Crippen LogP contribution in [0, 0.1) is 0 Å². The van der Waals surface area contributed by atoms with Crippen molar-refractivity contribution < 1.29 is 0 Å². The van der Waals surface area contributed by atoms with Crippen molar-refractivity contribution in [2.75, 3.05) is 11.4 Å². The number of anilines is 1. The lowest BCUT2D eigenvalue weighted by Crippen LogP contribution is -2.46. The number of aromatic amines is 1. The van der Waals surface area contributed by atoms with Gasteiger partial charge in [-0.3, -0.25) is 0 Å². The van der Waals surface area contributed by atoms with Gasteiger partial charge in [-0.2, -0.15) is 0 Å². The maximum atomic E-state index is 4.96. The number of nitrogens with zero attached hydrogens (tertiary/aromatic N) is 4. The summed E-state index contributed by atoms with van der Waals surface area (Å²) in [7, 11) is 0. The monoisotopic (exact) mass is 305 g/mol. The predicted octanol–water partition coefficient (Wildman–Crippen LogP) is 3.11. The summed E-state index contributed by atoms with van der Waals surface area (Å²) in [6, 6.07) is 6.91. The molecule has 1 aliphatic carbocycles. The summed E-state index contributed by atoms with van der Waals surface area (Å²) in [5.41, 5.74) is 6.91. The van der Waals surface area contributed by atoms with Gasteiger partial charge in [-0.15, -0.1) is 0 Å². The highest BCUT2D eigenvalue weighted by Gasteiger charge is 2.29. The number of benzene rings is 1. The summed E-state index contributed by atoms with van der Waals surface area (Å²) in [5.74, 6) is 0.907. The fraction of sp³-hybridized carbons (Fsp3) is 0.389. The Bertz CT molecular complexity index is 898. The molecule has 1 aromatic carbocycles. The Labute approximate surface area is 134 Å². The van der Waals surface area contributed by atoms with Crippen LogP contribution in [0.15, 0.2) is 24.5 Å². The van der Waals surface area contributed by atoms with Gasteiger partial charge in [-0.1, -0.05) is 6.07 Å².